The molecule has 0 radical (unpaired) electrons. The van der Waals surface area contributed by atoms with Crippen molar-refractivity contribution in [2.45, 2.75) is 71.0 Å². The average molecular weight is 550 g/mol. The van der Waals surface area contributed by atoms with Gasteiger partial charge in [0.05, 0.1) is 10.6 Å². The largest absolute Gasteiger partial charge is 0.352 e. The summed E-state index contributed by atoms with van der Waals surface area (Å²) in [6.07, 6.45) is 1.55. The molecule has 0 heterocycles. The highest BCUT2D eigenvalue weighted by molar-refractivity contribution is 7.92. The third-order valence-corrected chi connectivity index (χ3v) is 8.80. The fourth-order valence-corrected chi connectivity index (χ4v) is 5.60. The van der Waals surface area contributed by atoms with E-state index in [4.69, 9.17) is 0 Å². The molecule has 0 unspecified atom stereocenters. The van der Waals surface area contributed by atoms with Crippen LogP contribution in [0.15, 0.2) is 83.8 Å². The van der Waals surface area contributed by atoms with Crippen molar-refractivity contribution in [1.82, 2.24) is 10.2 Å². The number of amides is 2. The standard InChI is InChI=1S/C31H39N3O4S/c1-6-24(4)32-31(36)25(5)33(21-27-14-12-11-13-23(27)3)30(35)22-34(28-19-17-26(7-2)18-20-28)39(37,38)29-15-9-8-10-16-29/h8-20,24-25H,6-7,21-22H2,1-5H3,(H,32,36)/t24-,25+/m0/s1. The van der Waals surface area contributed by atoms with Gasteiger partial charge in [-0.1, -0.05) is 68.4 Å². The van der Waals surface area contributed by atoms with Gasteiger partial charge in [0, 0.05) is 12.6 Å². The van der Waals surface area contributed by atoms with E-state index in [0.717, 1.165) is 33.8 Å². The van der Waals surface area contributed by atoms with E-state index in [2.05, 4.69) is 5.32 Å². The van der Waals surface area contributed by atoms with Gasteiger partial charge in [-0.15, -0.1) is 0 Å². The zero-order chi connectivity index (χ0) is 28.6. The van der Waals surface area contributed by atoms with E-state index in [9.17, 15) is 18.0 Å². The Morgan fingerprint density at radius 3 is 2.08 bits per heavy atom. The highest BCUT2D eigenvalue weighted by Gasteiger charge is 2.32. The Morgan fingerprint density at radius 1 is 0.872 bits per heavy atom. The van der Waals surface area contributed by atoms with Crippen molar-refractivity contribution in [2.75, 3.05) is 10.8 Å². The van der Waals surface area contributed by atoms with Gasteiger partial charge in [-0.05, 0) is 74.6 Å². The Balaban J connectivity index is 2.02. The van der Waals surface area contributed by atoms with Crippen LogP contribution in [0.1, 0.15) is 50.8 Å². The number of rotatable bonds is 12. The van der Waals surface area contributed by atoms with Gasteiger partial charge in [-0.2, -0.15) is 0 Å². The lowest BCUT2D eigenvalue weighted by molar-refractivity contribution is -0.139. The molecule has 1 N–H and O–H groups in total. The number of nitrogens with zero attached hydrogens (tertiary/aromatic N) is 2. The molecule has 0 aromatic heterocycles. The van der Waals surface area contributed by atoms with E-state index >= 15 is 0 Å². The maximum atomic E-state index is 14.0. The van der Waals surface area contributed by atoms with E-state index in [0.29, 0.717) is 5.69 Å². The van der Waals surface area contributed by atoms with Gasteiger partial charge >= 0.3 is 0 Å². The Labute approximate surface area is 232 Å². The summed E-state index contributed by atoms with van der Waals surface area (Å²) in [4.78, 5) is 28.7. The summed E-state index contributed by atoms with van der Waals surface area (Å²) in [6.45, 7) is 9.26. The summed E-state index contributed by atoms with van der Waals surface area (Å²) in [5.41, 5.74) is 3.31. The molecule has 0 aliphatic carbocycles. The number of sulfonamides is 1. The normalized spacial score (nSPS) is 12.8. The quantitative estimate of drug-likeness (QED) is 0.341. The van der Waals surface area contributed by atoms with Crippen LogP contribution >= 0.6 is 0 Å². The summed E-state index contributed by atoms with van der Waals surface area (Å²) in [6, 6.07) is 22.0. The number of nitrogens with one attached hydrogen (secondary N) is 1. The topological polar surface area (TPSA) is 86.8 Å². The highest BCUT2D eigenvalue weighted by Crippen LogP contribution is 2.25. The Hall–Kier alpha value is -3.65. The van der Waals surface area contributed by atoms with E-state index < -0.39 is 28.5 Å². The summed E-state index contributed by atoms with van der Waals surface area (Å²) >= 11 is 0. The van der Waals surface area contributed by atoms with Crippen molar-refractivity contribution in [3.8, 4) is 0 Å². The first kappa shape index (κ1) is 29.9. The number of hydrogen-bond acceptors (Lipinski definition) is 4. The molecular formula is C31H39N3O4S. The van der Waals surface area contributed by atoms with Crippen molar-refractivity contribution >= 4 is 27.5 Å². The molecule has 3 aromatic rings. The minimum Gasteiger partial charge on any atom is -0.352 e. The lowest BCUT2D eigenvalue weighted by Crippen LogP contribution is -2.52. The molecule has 0 bridgehead atoms. The number of hydrogen-bond donors (Lipinski definition) is 1. The van der Waals surface area contributed by atoms with Crippen LogP contribution < -0.4 is 9.62 Å². The van der Waals surface area contributed by atoms with Crippen LogP contribution in [-0.4, -0.2) is 43.8 Å². The van der Waals surface area contributed by atoms with Crippen LogP contribution in [0, 0.1) is 6.92 Å². The number of carbonyl (C=O) groups is 2. The van der Waals surface area contributed by atoms with E-state index in [1.165, 1.54) is 17.0 Å². The first-order chi connectivity index (χ1) is 18.6. The first-order valence-corrected chi connectivity index (χ1v) is 14.8. The van der Waals surface area contributed by atoms with Crippen molar-refractivity contribution in [1.29, 1.82) is 0 Å². The fourth-order valence-electron chi connectivity index (χ4n) is 4.17. The van der Waals surface area contributed by atoms with Crippen LogP contribution in [0.3, 0.4) is 0 Å². The molecule has 0 aliphatic heterocycles. The molecular weight excluding hydrogens is 510 g/mol. The molecule has 2 atom stereocenters. The molecule has 8 heteroatoms. The molecule has 0 spiro atoms. The highest BCUT2D eigenvalue weighted by atomic mass is 32.2. The molecule has 0 saturated carbocycles. The maximum Gasteiger partial charge on any atom is 0.264 e. The van der Waals surface area contributed by atoms with Gasteiger partial charge in [-0.25, -0.2) is 8.42 Å². The molecule has 0 aliphatic rings. The van der Waals surface area contributed by atoms with E-state index in [-0.39, 0.29) is 23.4 Å². The Bertz CT molecular complexity index is 1360. The van der Waals surface area contributed by atoms with Gasteiger partial charge in [-0.3, -0.25) is 13.9 Å². The van der Waals surface area contributed by atoms with E-state index in [1.807, 2.05) is 64.1 Å². The second kappa shape index (κ2) is 13.4. The van der Waals surface area contributed by atoms with Gasteiger partial charge in [0.25, 0.3) is 10.0 Å². The van der Waals surface area contributed by atoms with Crippen molar-refractivity contribution in [2.24, 2.45) is 0 Å². The summed E-state index contributed by atoms with van der Waals surface area (Å²) in [7, 11) is -4.07. The Morgan fingerprint density at radius 2 is 1.49 bits per heavy atom. The third-order valence-electron chi connectivity index (χ3n) is 7.01. The number of anilines is 1. The third kappa shape index (κ3) is 7.47. The van der Waals surface area contributed by atoms with Gasteiger partial charge in [0.15, 0.2) is 0 Å². The molecule has 2 amide bonds. The average Bonchev–Trinajstić information content (AvgIpc) is 2.95. The number of aryl methyl sites for hydroxylation is 2. The van der Waals surface area contributed by atoms with Crippen LogP contribution in [0.5, 0.6) is 0 Å². The van der Waals surface area contributed by atoms with Crippen molar-refractivity contribution in [3.05, 3.63) is 95.6 Å². The predicted octanol–water partition coefficient (Wildman–Crippen LogP) is 5.08. The molecule has 0 saturated heterocycles. The fraction of sp³-hybridized carbons (Fsp3) is 0.355. The van der Waals surface area contributed by atoms with Gasteiger partial charge in [0.1, 0.15) is 12.6 Å². The lowest BCUT2D eigenvalue weighted by Gasteiger charge is -2.32. The summed E-state index contributed by atoms with van der Waals surface area (Å²) in [5, 5.41) is 2.95. The minimum absolute atomic E-state index is 0.0533. The molecule has 0 fully saturated rings. The zero-order valence-corrected chi connectivity index (χ0v) is 24.2. The van der Waals surface area contributed by atoms with Crippen LogP contribution in [-0.2, 0) is 32.6 Å². The lowest BCUT2D eigenvalue weighted by atomic mass is 10.1. The second-order valence-corrected chi connectivity index (χ2v) is 11.6. The Kier molecular flexibility index (Phi) is 10.3. The van der Waals surface area contributed by atoms with Crippen LogP contribution in [0.2, 0.25) is 0 Å². The molecule has 7 nitrogen and oxygen atoms in total. The first-order valence-electron chi connectivity index (χ1n) is 13.4. The summed E-state index contributed by atoms with van der Waals surface area (Å²) < 4.78 is 28.8. The van der Waals surface area contributed by atoms with Crippen molar-refractivity contribution < 1.29 is 18.0 Å². The molecule has 208 valence electrons. The van der Waals surface area contributed by atoms with Crippen molar-refractivity contribution in [3.63, 3.8) is 0 Å². The smallest absolute Gasteiger partial charge is 0.264 e. The van der Waals surface area contributed by atoms with Crippen LogP contribution in [0.25, 0.3) is 0 Å². The molecule has 3 aromatic carbocycles. The minimum atomic E-state index is -4.07. The molecule has 39 heavy (non-hydrogen) atoms. The maximum absolute atomic E-state index is 14.0. The number of carbonyl (C=O) groups excluding carboxylic acids is 2. The predicted molar refractivity (Wildman–Crippen MR) is 156 cm³/mol. The van der Waals surface area contributed by atoms with Gasteiger partial charge < -0.3 is 10.2 Å². The van der Waals surface area contributed by atoms with Gasteiger partial charge in [0.2, 0.25) is 11.8 Å². The summed E-state index contributed by atoms with van der Waals surface area (Å²) in [5.74, 6) is -0.750. The van der Waals surface area contributed by atoms with Crippen LogP contribution in [0.4, 0.5) is 5.69 Å². The molecule has 3 rings (SSSR count). The zero-order valence-electron chi connectivity index (χ0n) is 23.4. The van der Waals surface area contributed by atoms with E-state index in [1.54, 1.807) is 37.3 Å². The monoisotopic (exact) mass is 549 g/mol. The SMILES string of the molecule is CCc1ccc(N(CC(=O)N(Cc2ccccc2C)[C@H](C)C(=O)N[C@@H](C)CC)S(=O)(=O)c2ccccc2)cc1. The second-order valence-electron chi connectivity index (χ2n) is 9.79. The number of benzene rings is 3.